The maximum absolute atomic E-state index is 13.3. The minimum Gasteiger partial charge on any atom is -0.288 e. The van der Waals surface area contributed by atoms with Crippen LogP contribution < -0.4 is 5.43 Å². The molecule has 1 nitrogen and oxygen atoms in total. The van der Waals surface area contributed by atoms with Gasteiger partial charge in [0.1, 0.15) is 0 Å². The smallest absolute Gasteiger partial charge is 0.196 e. The molecule has 0 aliphatic rings. The first-order chi connectivity index (χ1) is 11.4. The summed E-state index contributed by atoms with van der Waals surface area (Å²) in [7, 11) is 0. The van der Waals surface area contributed by atoms with E-state index in [1.807, 2.05) is 6.07 Å². The molecule has 0 saturated heterocycles. The molecule has 126 valence electrons. The van der Waals surface area contributed by atoms with Gasteiger partial charge in [-0.15, -0.1) is 11.3 Å². The molecule has 0 saturated carbocycles. The van der Waals surface area contributed by atoms with Crippen LogP contribution in [0.15, 0.2) is 35.1 Å². The van der Waals surface area contributed by atoms with E-state index < -0.39 is 0 Å². The second kappa shape index (κ2) is 6.68. The topological polar surface area (TPSA) is 17.1 Å². The predicted octanol–water partition coefficient (Wildman–Crippen LogP) is 6.12. The zero-order chi connectivity index (χ0) is 17.4. The fraction of sp³-hybridized carbons (Fsp3) is 0.409. The van der Waals surface area contributed by atoms with Crippen LogP contribution in [0.2, 0.25) is 0 Å². The maximum Gasteiger partial charge on any atom is 0.196 e. The molecule has 0 amide bonds. The molecule has 2 aromatic carbocycles. The van der Waals surface area contributed by atoms with E-state index in [0.29, 0.717) is 11.8 Å². The van der Waals surface area contributed by atoms with E-state index >= 15 is 0 Å². The molecule has 0 aliphatic heterocycles. The Hall–Kier alpha value is -1.67. The van der Waals surface area contributed by atoms with Crippen molar-refractivity contribution >= 4 is 31.5 Å². The molecule has 2 heteroatoms. The van der Waals surface area contributed by atoms with Crippen LogP contribution in [0.25, 0.3) is 20.2 Å². The van der Waals surface area contributed by atoms with Crippen molar-refractivity contribution in [3.63, 3.8) is 0 Å². The van der Waals surface area contributed by atoms with E-state index in [1.54, 1.807) is 11.3 Å². The second-order valence-electron chi connectivity index (χ2n) is 7.70. The van der Waals surface area contributed by atoms with Gasteiger partial charge in [-0.25, -0.2) is 0 Å². The lowest BCUT2D eigenvalue weighted by molar-refractivity contribution is 0.618. The van der Waals surface area contributed by atoms with E-state index in [4.69, 9.17) is 0 Å². The predicted molar refractivity (Wildman–Crippen MR) is 107 cm³/mol. The lowest BCUT2D eigenvalue weighted by Crippen LogP contribution is -2.10. The summed E-state index contributed by atoms with van der Waals surface area (Å²) in [6.45, 7) is 11.0. The van der Waals surface area contributed by atoms with Gasteiger partial charge in [-0.2, -0.15) is 0 Å². The fourth-order valence-corrected chi connectivity index (χ4v) is 4.53. The molecule has 0 bridgehead atoms. The van der Waals surface area contributed by atoms with Crippen LogP contribution in [0.1, 0.15) is 44.4 Å². The second-order valence-corrected chi connectivity index (χ2v) is 8.79. The third-order valence-electron chi connectivity index (χ3n) is 4.44. The maximum atomic E-state index is 13.3. The van der Waals surface area contributed by atoms with Crippen molar-refractivity contribution in [2.45, 2.75) is 47.5 Å². The molecule has 3 aromatic rings. The quantitative estimate of drug-likeness (QED) is 0.524. The number of benzene rings is 2. The molecular weight excluding hydrogens is 312 g/mol. The van der Waals surface area contributed by atoms with E-state index in [0.717, 1.165) is 38.6 Å². The molecular formula is C22H26OS. The number of fused-ring (bicyclic) bond motifs is 2. The minimum absolute atomic E-state index is 0.212. The zero-order valence-electron chi connectivity index (χ0n) is 15.3. The van der Waals surface area contributed by atoms with Gasteiger partial charge in [-0.3, -0.25) is 4.79 Å². The Labute approximate surface area is 148 Å². The van der Waals surface area contributed by atoms with Crippen LogP contribution in [0, 0.1) is 18.8 Å². The van der Waals surface area contributed by atoms with Crippen molar-refractivity contribution in [3.05, 3.63) is 57.2 Å². The van der Waals surface area contributed by atoms with E-state index in [9.17, 15) is 4.79 Å². The number of hydrogen-bond donors (Lipinski definition) is 0. The summed E-state index contributed by atoms with van der Waals surface area (Å²) in [4.78, 5) is 13.3. The van der Waals surface area contributed by atoms with Crippen molar-refractivity contribution in [1.29, 1.82) is 0 Å². The Balaban J connectivity index is 2.39. The molecule has 0 unspecified atom stereocenters. The molecule has 0 radical (unpaired) electrons. The van der Waals surface area contributed by atoms with Gasteiger partial charge in [-0.05, 0) is 60.9 Å². The fourth-order valence-electron chi connectivity index (χ4n) is 3.44. The lowest BCUT2D eigenvalue weighted by Gasteiger charge is -2.16. The van der Waals surface area contributed by atoms with Crippen LogP contribution in [0.4, 0.5) is 0 Å². The molecule has 0 atom stereocenters. The Morgan fingerprint density at radius 2 is 1.58 bits per heavy atom. The highest BCUT2D eigenvalue weighted by Gasteiger charge is 2.15. The average Bonchev–Trinajstić information content (AvgIpc) is 2.49. The van der Waals surface area contributed by atoms with E-state index in [1.165, 1.54) is 11.1 Å². The van der Waals surface area contributed by atoms with Crippen molar-refractivity contribution in [2.24, 2.45) is 11.8 Å². The van der Waals surface area contributed by atoms with E-state index in [-0.39, 0.29) is 5.43 Å². The summed E-state index contributed by atoms with van der Waals surface area (Å²) in [6, 6.07) is 10.6. The summed E-state index contributed by atoms with van der Waals surface area (Å²) < 4.78 is 2.21. The van der Waals surface area contributed by atoms with Gasteiger partial charge in [0.05, 0.1) is 0 Å². The summed E-state index contributed by atoms with van der Waals surface area (Å²) in [5.74, 6) is 1.13. The lowest BCUT2D eigenvalue weighted by atomic mass is 9.90. The Kier molecular flexibility index (Phi) is 4.78. The molecule has 0 N–H and O–H groups in total. The molecule has 3 rings (SSSR count). The first kappa shape index (κ1) is 17.2. The average molecular weight is 339 g/mol. The highest BCUT2D eigenvalue weighted by molar-refractivity contribution is 7.24. The molecule has 1 heterocycles. The molecule has 1 aromatic heterocycles. The highest BCUT2D eigenvalue weighted by Crippen LogP contribution is 2.31. The van der Waals surface area contributed by atoms with Crippen LogP contribution >= 0.6 is 11.3 Å². The molecule has 0 fully saturated rings. The van der Waals surface area contributed by atoms with E-state index in [2.05, 4.69) is 58.9 Å². The number of rotatable bonds is 4. The van der Waals surface area contributed by atoms with Crippen LogP contribution in [-0.2, 0) is 12.8 Å². The Bertz CT molecular complexity index is 947. The van der Waals surface area contributed by atoms with Crippen molar-refractivity contribution < 1.29 is 0 Å². The third kappa shape index (κ3) is 3.25. The molecule has 24 heavy (non-hydrogen) atoms. The summed E-state index contributed by atoms with van der Waals surface area (Å²) >= 11 is 1.74. The molecule has 0 spiro atoms. The first-order valence-electron chi connectivity index (χ1n) is 8.84. The summed E-state index contributed by atoms with van der Waals surface area (Å²) in [5.41, 5.74) is 3.99. The SMILES string of the molecule is Cc1ccc2sc3ccc(CC(C)C)c(CC(C)C)c3c(=O)c2c1. The normalized spacial score (nSPS) is 12.0. The monoisotopic (exact) mass is 338 g/mol. The van der Waals surface area contributed by atoms with Crippen LogP contribution in [0.5, 0.6) is 0 Å². The number of aryl methyl sites for hydroxylation is 1. The van der Waals surface area contributed by atoms with Crippen molar-refractivity contribution in [3.8, 4) is 0 Å². The largest absolute Gasteiger partial charge is 0.288 e. The van der Waals surface area contributed by atoms with Gasteiger partial charge in [0.15, 0.2) is 5.43 Å². The van der Waals surface area contributed by atoms with Crippen LogP contribution in [0.3, 0.4) is 0 Å². The first-order valence-corrected chi connectivity index (χ1v) is 9.66. The van der Waals surface area contributed by atoms with Gasteiger partial charge in [0.2, 0.25) is 0 Å². The summed E-state index contributed by atoms with van der Waals surface area (Å²) in [5, 5.41) is 1.84. The third-order valence-corrected chi connectivity index (χ3v) is 5.57. The van der Waals surface area contributed by atoms with Gasteiger partial charge in [0.25, 0.3) is 0 Å². The van der Waals surface area contributed by atoms with Crippen LogP contribution in [-0.4, -0.2) is 0 Å². The molecule has 0 aliphatic carbocycles. The minimum atomic E-state index is 0.212. The van der Waals surface area contributed by atoms with Gasteiger partial charge >= 0.3 is 0 Å². The van der Waals surface area contributed by atoms with Gasteiger partial charge < -0.3 is 0 Å². The highest BCUT2D eigenvalue weighted by atomic mass is 32.1. The van der Waals surface area contributed by atoms with Crippen molar-refractivity contribution in [1.82, 2.24) is 0 Å². The van der Waals surface area contributed by atoms with Crippen molar-refractivity contribution in [2.75, 3.05) is 0 Å². The number of hydrogen-bond acceptors (Lipinski definition) is 2. The zero-order valence-corrected chi connectivity index (χ0v) is 16.1. The Morgan fingerprint density at radius 3 is 2.25 bits per heavy atom. The van der Waals surface area contributed by atoms with Gasteiger partial charge in [0, 0.05) is 20.2 Å². The van der Waals surface area contributed by atoms with Gasteiger partial charge in [-0.1, -0.05) is 45.4 Å². The standard InChI is InChI=1S/C22H26OS/c1-13(2)10-16-7-9-20-21(17(16)11-14(3)4)22(23)18-12-15(5)6-8-19(18)24-20/h6-9,12-14H,10-11H2,1-5H3. The Morgan fingerprint density at radius 1 is 0.917 bits per heavy atom. The summed E-state index contributed by atoms with van der Waals surface area (Å²) in [6.07, 6.45) is 2.01.